The molecule has 15 heteroatoms. The molecule has 1 amide bonds. The maximum atomic E-state index is 15.4. The second kappa shape index (κ2) is 10.5. The van der Waals surface area contributed by atoms with Crippen molar-refractivity contribution in [1.29, 1.82) is 5.26 Å². The number of carbonyl (C=O) groups is 1. The zero-order valence-electron chi connectivity index (χ0n) is 25.5. The lowest BCUT2D eigenvalue weighted by Gasteiger charge is -2.29. The highest BCUT2D eigenvalue weighted by Crippen LogP contribution is 2.47. The Morgan fingerprint density at radius 3 is 2.67 bits per heavy atom. The second-order valence-electron chi connectivity index (χ2n) is 12.1. The van der Waals surface area contributed by atoms with Crippen LogP contribution in [0.15, 0.2) is 35.5 Å². The topological polar surface area (TPSA) is 169 Å². The molecule has 236 valence electrons. The van der Waals surface area contributed by atoms with Gasteiger partial charge in [-0.05, 0) is 25.5 Å². The molecule has 2 saturated heterocycles. The number of rotatable bonds is 5. The Labute approximate surface area is 262 Å². The minimum absolute atomic E-state index is 0.104. The van der Waals surface area contributed by atoms with Crippen LogP contribution in [0.1, 0.15) is 22.3 Å². The van der Waals surface area contributed by atoms with E-state index >= 15 is 4.39 Å². The monoisotopic (exact) mass is 643 g/mol. The zero-order valence-corrected chi connectivity index (χ0v) is 26.3. The molecule has 1 aromatic carbocycles. The molecule has 2 aliphatic rings. The molecule has 2 fully saturated rings. The molecule has 2 atom stereocenters. The number of halogens is 1. The molecule has 5 aromatic rings. The van der Waals surface area contributed by atoms with Gasteiger partial charge in [-0.2, -0.15) is 5.26 Å². The lowest BCUT2D eigenvalue weighted by molar-refractivity contribution is 0.0980. The van der Waals surface area contributed by atoms with Crippen molar-refractivity contribution in [2.75, 3.05) is 50.2 Å². The highest BCUT2D eigenvalue weighted by atomic mass is 32.2. The first-order chi connectivity index (χ1) is 21.9. The third-order valence-corrected chi connectivity index (χ3v) is 9.63. The third-order valence-electron chi connectivity index (χ3n) is 9.07. The number of anilines is 2. The largest absolute Gasteiger partial charge is 0.386 e. The number of hydrogen-bond donors (Lipinski definition) is 3. The Morgan fingerprint density at radius 1 is 1.17 bits per heavy atom. The van der Waals surface area contributed by atoms with Crippen LogP contribution in [0.3, 0.4) is 0 Å². The number of likely N-dealkylation sites (N-methyl/N-ethyl adjacent to an activating group) is 1. The minimum Gasteiger partial charge on any atom is -0.386 e. The number of carbonyl (C=O) groups excluding carboxylic acids is 1. The van der Waals surface area contributed by atoms with Crippen LogP contribution in [-0.4, -0.2) is 84.8 Å². The van der Waals surface area contributed by atoms with E-state index in [-0.39, 0.29) is 22.6 Å². The fourth-order valence-electron chi connectivity index (χ4n) is 7.14. The Hall–Kier alpha value is -5.07. The van der Waals surface area contributed by atoms with Gasteiger partial charge in [0.05, 0.1) is 39.5 Å². The smallest absolute Gasteiger partial charge is 0.270 e. The molecule has 3 N–H and O–H groups in total. The first kappa shape index (κ1) is 29.6. The molecule has 0 unspecified atom stereocenters. The summed E-state index contributed by atoms with van der Waals surface area (Å²) in [7, 11) is 1.44. The van der Waals surface area contributed by atoms with Gasteiger partial charge >= 0.3 is 0 Å². The lowest BCUT2D eigenvalue weighted by Crippen LogP contribution is -2.35. The number of H-pyrrole nitrogens is 1. The number of sulfonamides is 1. The predicted molar refractivity (Wildman–Crippen MR) is 173 cm³/mol. The van der Waals surface area contributed by atoms with Gasteiger partial charge in [-0.3, -0.25) is 9.59 Å². The molecule has 13 nitrogen and oxygen atoms in total. The van der Waals surface area contributed by atoms with Crippen LogP contribution in [0.25, 0.3) is 44.1 Å². The summed E-state index contributed by atoms with van der Waals surface area (Å²) in [6.07, 6.45) is 6.31. The van der Waals surface area contributed by atoms with Crippen LogP contribution in [0.4, 0.5) is 15.8 Å². The summed E-state index contributed by atoms with van der Waals surface area (Å²) >= 11 is 0. The normalized spacial score (nSPS) is 18.4. The number of amides is 1. The summed E-state index contributed by atoms with van der Waals surface area (Å²) in [4.78, 5) is 43.6. The van der Waals surface area contributed by atoms with Crippen LogP contribution in [-0.2, 0) is 17.1 Å². The number of hydrogen-bond acceptors (Lipinski definition) is 10. The van der Waals surface area contributed by atoms with Gasteiger partial charge in [0.2, 0.25) is 15.5 Å². The highest BCUT2D eigenvalue weighted by molar-refractivity contribution is 7.89. The van der Waals surface area contributed by atoms with Gasteiger partial charge in [-0.25, -0.2) is 27.5 Å². The summed E-state index contributed by atoms with van der Waals surface area (Å²) in [6, 6.07) is 5.10. The van der Waals surface area contributed by atoms with E-state index in [1.165, 1.54) is 16.8 Å². The van der Waals surface area contributed by atoms with Gasteiger partial charge < -0.3 is 24.7 Å². The van der Waals surface area contributed by atoms with Gasteiger partial charge in [0.1, 0.15) is 28.7 Å². The van der Waals surface area contributed by atoms with Crippen molar-refractivity contribution in [3.8, 4) is 17.2 Å². The summed E-state index contributed by atoms with van der Waals surface area (Å²) in [5, 5.41) is 14.2. The first-order valence-corrected chi connectivity index (χ1v) is 16.5. The number of likely N-dealkylation sites (tertiary alicyclic amines) is 1. The molecule has 0 spiro atoms. The zero-order chi connectivity index (χ0) is 32.7. The third kappa shape index (κ3) is 4.55. The van der Waals surface area contributed by atoms with Gasteiger partial charge in [0.25, 0.3) is 5.91 Å². The Balaban J connectivity index is 1.54. The van der Waals surface area contributed by atoms with Crippen LogP contribution < -0.4 is 20.4 Å². The van der Waals surface area contributed by atoms with Crippen LogP contribution in [0, 0.1) is 23.1 Å². The average molecular weight is 644 g/mol. The van der Waals surface area contributed by atoms with Crippen LogP contribution >= 0.6 is 0 Å². The number of nitrogens with zero attached hydrogens (tertiary/aromatic N) is 6. The van der Waals surface area contributed by atoms with E-state index in [2.05, 4.69) is 38.2 Å². The van der Waals surface area contributed by atoms with E-state index in [0.29, 0.717) is 50.3 Å². The van der Waals surface area contributed by atoms with Gasteiger partial charge in [-0.1, -0.05) is 0 Å². The molecule has 6 heterocycles. The molecule has 46 heavy (non-hydrogen) atoms. The Bertz CT molecular complexity index is 2340. The standard InChI is InChI=1S/C31H30FN9O4S/c1-34-22-8-21(32)18(9-33)24-25-27(41-6-5-15-12-39(2)14-23(15)41)19(11-35-29(25)37-26(22)24)16-7-17-28(42)20(31(43)38-46(4,44)45)13-40(3)30(17)36-10-16/h7-8,10-11,13,15,23,34H,5-6,12,14H2,1-4H3,(H,35,37)(H,38,43)/t15-,23+/m0/s1. The Morgan fingerprint density at radius 2 is 1.96 bits per heavy atom. The van der Waals surface area contributed by atoms with Crippen molar-refractivity contribution in [1.82, 2.24) is 29.1 Å². The molecule has 0 aliphatic carbocycles. The number of pyridine rings is 3. The number of aromatic amines is 1. The highest BCUT2D eigenvalue weighted by Gasteiger charge is 2.42. The van der Waals surface area contributed by atoms with Gasteiger partial charge in [0, 0.05) is 80.9 Å². The molecular formula is C31H30FN9O4S. The van der Waals surface area contributed by atoms with E-state index in [9.17, 15) is 23.3 Å². The summed E-state index contributed by atoms with van der Waals surface area (Å²) in [6.45, 7) is 2.47. The van der Waals surface area contributed by atoms with Crippen molar-refractivity contribution in [3.05, 3.63) is 57.9 Å². The number of benzene rings is 1. The number of aromatic nitrogens is 4. The molecule has 0 radical (unpaired) electrons. The summed E-state index contributed by atoms with van der Waals surface area (Å²) in [5.74, 6) is -1.30. The van der Waals surface area contributed by atoms with Crippen molar-refractivity contribution in [2.24, 2.45) is 13.0 Å². The van der Waals surface area contributed by atoms with E-state index in [1.807, 2.05) is 4.72 Å². The molecule has 0 bridgehead atoms. The van der Waals surface area contributed by atoms with E-state index < -0.39 is 27.2 Å². The molecule has 4 aromatic heterocycles. The van der Waals surface area contributed by atoms with Crippen molar-refractivity contribution in [3.63, 3.8) is 0 Å². The van der Waals surface area contributed by atoms with E-state index in [1.54, 1.807) is 32.6 Å². The number of fused-ring (bicyclic) bond motifs is 5. The maximum absolute atomic E-state index is 15.4. The molecule has 7 rings (SSSR count). The number of aryl methyl sites for hydroxylation is 1. The molecule has 2 aliphatic heterocycles. The lowest BCUT2D eigenvalue weighted by atomic mass is 9.98. The van der Waals surface area contributed by atoms with Crippen molar-refractivity contribution in [2.45, 2.75) is 12.5 Å². The second-order valence-corrected chi connectivity index (χ2v) is 13.8. The quantitative estimate of drug-likeness (QED) is 0.259. The summed E-state index contributed by atoms with van der Waals surface area (Å²) in [5.41, 5.74) is 2.53. The predicted octanol–water partition coefficient (Wildman–Crippen LogP) is 2.51. The van der Waals surface area contributed by atoms with E-state index in [4.69, 9.17) is 4.98 Å². The van der Waals surface area contributed by atoms with Crippen molar-refractivity contribution < 1.29 is 17.6 Å². The van der Waals surface area contributed by atoms with Crippen LogP contribution in [0.5, 0.6) is 0 Å². The van der Waals surface area contributed by atoms with Gasteiger partial charge in [-0.15, -0.1) is 0 Å². The van der Waals surface area contributed by atoms with Crippen LogP contribution in [0.2, 0.25) is 0 Å². The molecular weight excluding hydrogens is 613 g/mol. The Kier molecular flexibility index (Phi) is 6.76. The van der Waals surface area contributed by atoms with Crippen molar-refractivity contribution >= 4 is 60.3 Å². The fraction of sp³-hybridized carbons (Fsp3) is 0.323. The number of nitrogens with one attached hydrogen (secondary N) is 3. The molecule has 0 saturated carbocycles. The maximum Gasteiger partial charge on any atom is 0.270 e. The minimum atomic E-state index is -3.92. The first-order valence-electron chi connectivity index (χ1n) is 14.6. The summed E-state index contributed by atoms with van der Waals surface area (Å²) < 4.78 is 42.2. The number of nitriles is 1. The average Bonchev–Trinajstić information content (AvgIpc) is 3.69. The van der Waals surface area contributed by atoms with Gasteiger partial charge in [0.15, 0.2) is 0 Å². The fourth-order valence-corrected chi connectivity index (χ4v) is 7.59. The SMILES string of the molecule is CNc1cc(F)c(C#N)c2c1[nH]c1ncc(-c3cnc4c(c3)c(=O)c(C(=O)NS(C)(=O)=O)cn4C)c(N3CC[C@H]4CN(C)C[C@H]43)c12. The van der Waals surface area contributed by atoms with E-state index in [0.717, 1.165) is 38.0 Å².